The van der Waals surface area contributed by atoms with Gasteiger partial charge in [-0.15, -0.1) is 0 Å². The van der Waals surface area contributed by atoms with Crippen molar-refractivity contribution in [3.05, 3.63) is 45.2 Å². The molecule has 1 N–H and O–H groups in total. The van der Waals surface area contributed by atoms with Gasteiger partial charge in [0.05, 0.1) is 12.2 Å². The smallest absolute Gasteiger partial charge is 0.338 e. The molecule has 0 bridgehead atoms. The molecular formula is C20H28N2O3. The number of H-pyrrole nitrogens is 1. The Morgan fingerprint density at radius 1 is 1.24 bits per heavy atom. The van der Waals surface area contributed by atoms with E-state index < -0.39 is 5.97 Å². The molecule has 0 fully saturated rings. The fourth-order valence-corrected chi connectivity index (χ4v) is 2.94. The molecule has 0 radical (unpaired) electrons. The van der Waals surface area contributed by atoms with Crippen LogP contribution in [0.25, 0.3) is 10.9 Å². The van der Waals surface area contributed by atoms with Gasteiger partial charge in [0.25, 0.3) is 0 Å². The predicted octanol–water partition coefficient (Wildman–Crippen LogP) is 3.64. The van der Waals surface area contributed by atoms with Gasteiger partial charge in [0.1, 0.15) is 0 Å². The minimum atomic E-state index is -0.399. The topological polar surface area (TPSA) is 62.4 Å². The Balaban J connectivity index is 2.43. The van der Waals surface area contributed by atoms with E-state index in [1.54, 1.807) is 25.1 Å². The van der Waals surface area contributed by atoms with E-state index >= 15 is 0 Å². The number of fused-ring (bicyclic) bond motifs is 1. The van der Waals surface area contributed by atoms with E-state index in [2.05, 4.69) is 23.7 Å². The fourth-order valence-electron chi connectivity index (χ4n) is 2.94. The van der Waals surface area contributed by atoms with Crippen LogP contribution >= 0.6 is 0 Å². The van der Waals surface area contributed by atoms with Crippen molar-refractivity contribution in [1.82, 2.24) is 9.88 Å². The molecule has 0 saturated heterocycles. The molecule has 5 heteroatoms. The average molecular weight is 344 g/mol. The quantitative estimate of drug-likeness (QED) is 0.743. The number of carbonyl (C=O) groups is 1. The minimum Gasteiger partial charge on any atom is -0.462 e. The molecule has 25 heavy (non-hydrogen) atoms. The summed E-state index contributed by atoms with van der Waals surface area (Å²) in [6.07, 6.45) is 2.25. The molecule has 1 aromatic heterocycles. The van der Waals surface area contributed by atoms with Gasteiger partial charge in [-0.25, -0.2) is 4.79 Å². The number of ether oxygens (including phenoxy) is 1. The molecule has 0 aliphatic carbocycles. The van der Waals surface area contributed by atoms with Crippen molar-refractivity contribution in [2.24, 2.45) is 0 Å². The van der Waals surface area contributed by atoms with E-state index in [0.29, 0.717) is 24.1 Å². The standard InChI is InChI=1S/C20H28N2O3/c1-5-8-11-22(6-2)13-17-14(4)21-18-10-9-15(20(24)25-7-3)12-16(18)19(17)23/h9-10,12H,5-8,11,13H2,1-4H3,(H,21,23). The molecule has 1 aromatic carbocycles. The van der Waals surface area contributed by atoms with E-state index in [-0.39, 0.29) is 5.43 Å². The number of aromatic nitrogens is 1. The van der Waals surface area contributed by atoms with E-state index in [0.717, 1.165) is 42.7 Å². The van der Waals surface area contributed by atoms with Crippen molar-refractivity contribution >= 4 is 16.9 Å². The van der Waals surface area contributed by atoms with Crippen molar-refractivity contribution in [1.29, 1.82) is 0 Å². The Morgan fingerprint density at radius 2 is 2.00 bits per heavy atom. The highest BCUT2D eigenvalue weighted by Crippen LogP contribution is 2.16. The van der Waals surface area contributed by atoms with Crippen LogP contribution in [0.4, 0.5) is 0 Å². The summed E-state index contributed by atoms with van der Waals surface area (Å²) in [6, 6.07) is 5.10. The van der Waals surface area contributed by atoms with Crippen LogP contribution in [-0.4, -0.2) is 35.5 Å². The van der Waals surface area contributed by atoms with Crippen LogP contribution in [0.2, 0.25) is 0 Å². The molecule has 2 aromatic rings. The van der Waals surface area contributed by atoms with Crippen molar-refractivity contribution in [3.8, 4) is 0 Å². The molecule has 1 heterocycles. The lowest BCUT2D eigenvalue weighted by Crippen LogP contribution is -2.28. The second-order valence-electron chi connectivity index (χ2n) is 6.26. The third kappa shape index (κ3) is 4.48. The number of hydrogen-bond acceptors (Lipinski definition) is 4. The van der Waals surface area contributed by atoms with Gasteiger partial charge in [0, 0.05) is 28.7 Å². The summed E-state index contributed by atoms with van der Waals surface area (Å²) in [4.78, 5) is 30.5. The third-order valence-electron chi connectivity index (χ3n) is 4.48. The first-order valence-electron chi connectivity index (χ1n) is 9.06. The van der Waals surface area contributed by atoms with Crippen LogP contribution in [0.1, 0.15) is 55.2 Å². The molecule has 0 atom stereocenters. The van der Waals surface area contributed by atoms with E-state index in [4.69, 9.17) is 4.74 Å². The first-order valence-corrected chi connectivity index (χ1v) is 9.06. The zero-order valence-corrected chi connectivity index (χ0v) is 15.6. The van der Waals surface area contributed by atoms with Gasteiger partial charge in [-0.1, -0.05) is 20.3 Å². The van der Waals surface area contributed by atoms with Gasteiger partial charge in [0.2, 0.25) is 0 Å². The Labute approximate surface area is 149 Å². The molecule has 0 unspecified atom stereocenters. The van der Waals surface area contributed by atoms with Gasteiger partial charge in [0.15, 0.2) is 5.43 Å². The maximum atomic E-state index is 13.0. The second kappa shape index (κ2) is 8.81. The third-order valence-corrected chi connectivity index (χ3v) is 4.48. The molecule has 0 saturated carbocycles. The van der Waals surface area contributed by atoms with E-state index in [1.807, 2.05) is 6.92 Å². The number of aryl methyl sites for hydroxylation is 1. The SMILES string of the molecule is CCCCN(CC)Cc1c(C)[nH]c2ccc(C(=O)OCC)cc2c1=O. The summed E-state index contributed by atoms with van der Waals surface area (Å²) in [5.74, 6) is -0.399. The number of carbonyl (C=O) groups excluding carboxylic acids is 1. The number of pyridine rings is 1. The summed E-state index contributed by atoms with van der Waals surface area (Å²) in [5, 5.41) is 0.540. The number of benzene rings is 1. The highest BCUT2D eigenvalue weighted by molar-refractivity contribution is 5.94. The van der Waals surface area contributed by atoms with Crippen LogP contribution in [0, 0.1) is 6.92 Å². The van der Waals surface area contributed by atoms with E-state index in [9.17, 15) is 9.59 Å². The van der Waals surface area contributed by atoms with Crippen molar-refractivity contribution in [3.63, 3.8) is 0 Å². The Morgan fingerprint density at radius 3 is 2.64 bits per heavy atom. The molecule has 5 nitrogen and oxygen atoms in total. The van der Waals surface area contributed by atoms with Gasteiger partial charge in [-0.05, 0) is 51.6 Å². The molecule has 0 aliphatic heterocycles. The molecule has 0 amide bonds. The number of nitrogens with one attached hydrogen (secondary N) is 1. The summed E-state index contributed by atoms with van der Waals surface area (Å²) >= 11 is 0. The number of unbranched alkanes of at least 4 members (excludes halogenated alkanes) is 1. The predicted molar refractivity (Wildman–Crippen MR) is 101 cm³/mol. The van der Waals surface area contributed by atoms with E-state index in [1.165, 1.54) is 0 Å². The lowest BCUT2D eigenvalue weighted by Gasteiger charge is -2.21. The van der Waals surface area contributed by atoms with Crippen LogP contribution in [0.3, 0.4) is 0 Å². The largest absolute Gasteiger partial charge is 0.462 e. The number of esters is 1. The first-order chi connectivity index (χ1) is 12.0. The highest BCUT2D eigenvalue weighted by atomic mass is 16.5. The van der Waals surface area contributed by atoms with Crippen molar-refractivity contribution < 1.29 is 9.53 Å². The zero-order chi connectivity index (χ0) is 18.4. The molecule has 0 aliphatic rings. The Hall–Kier alpha value is -2.14. The molecule has 2 rings (SSSR count). The second-order valence-corrected chi connectivity index (χ2v) is 6.26. The number of aromatic amines is 1. The lowest BCUT2D eigenvalue weighted by molar-refractivity contribution is 0.0526. The number of hydrogen-bond donors (Lipinski definition) is 1. The lowest BCUT2D eigenvalue weighted by atomic mass is 10.1. The number of rotatable bonds is 8. The maximum Gasteiger partial charge on any atom is 0.338 e. The first kappa shape index (κ1) is 19.2. The minimum absolute atomic E-state index is 0.00709. The normalized spacial score (nSPS) is 11.2. The monoisotopic (exact) mass is 344 g/mol. The van der Waals surface area contributed by atoms with Gasteiger partial charge in [-0.2, -0.15) is 0 Å². The maximum absolute atomic E-state index is 13.0. The summed E-state index contributed by atoms with van der Waals surface area (Å²) in [6.45, 7) is 10.8. The van der Waals surface area contributed by atoms with Crippen molar-refractivity contribution in [2.45, 2.75) is 47.1 Å². The summed E-state index contributed by atoms with van der Waals surface area (Å²) < 4.78 is 5.04. The fraction of sp³-hybridized carbons (Fsp3) is 0.500. The number of nitrogens with zero attached hydrogens (tertiary/aromatic N) is 1. The van der Waals surface area contributed by atoms with Gasteiger partial charge < -0.3 is 9.72 Å². The summed E-state index contributed by atoms with van der Waals surface area (Å²) in [7, 11) is 0. The molecule has 136 valence electrons. The zero-order valence-electron chi connectivity index (χ0n) is 15.6. The van der Waals surface area contributed by atoms with Crippen LogP contribution in [0.5, 0.6) is 0 Å². The van der Waals surface area contributed by atoms with Crippen LogP contribution in [0.15, 0.2) is 23.0 Å². The summed E-state index contributed by atoms with van der Waals surface area (Å²) in [5.41, 5.74) is 2.80. The van der Waals surface area contributed by atoms with Crippen LogP contribution < -0.4 is 5.43 Å². The van der Waals surface area contributed by atoms with Crippen molar-refractivity contribution in [2.75, 3.05) is 19.7 Å². The Bertz CT molecular complexity index is 795. The Kier molecular flexibility index (Phi) is 6.76. The van der Waals surface area contributed by atoms with Gasteiger partial charge in [-0.3, -0.25) is 9.69 Å². The molecule has 0 spiro atoms. The van der Waals surface area contributed by atoms with Gasteiger partial charge >= 0.3 is 5.97 Å². The average Bonchev–Trinajstić information content (AvgIpc) is 2.61. The molecular weight excluding hydrogens is 316 g/mol. The highest BCUT2D eigenvalue weighted by Gasteiger charge is 2.15. The van der Waals surface area contributed by atoms with Crippen LogP contribution in [-0.2, 0) is 11.3 Å².